The Kier molecular flexibility index (Phi) is 2.99. The van der Waals surface area contributed by atoms with Gasteiger partial charge in [0.15, 0.2) is 0 Å². The Morgan fingerprint density at radius 2 is 2.11 bits per heavy atom. The summed E-state index contributed by atoms with van der Waals surface area (Å²) < 4.78 is 24.4. The zero-order valence-corrected chi connectivity index (χ0v) is 10.5. The van der Waals surface area contributed by atoms with Crippen molar-refractivity contribution in [2.75, 3.05) is 19.0 Å². The molecule has 1 aliphatic rings. The van der Waals surface area contributed by atoms with Crippen molar-refractivity contribution in [1.82, 2.24) is 0 Å². The first-order chi connectivity index (χ1) is 9.28. The largest absolute Gasteiger partial charge is 0.496 e. The molecule has 98 valence electrons. The van der Waals surface area contributed by atoms with Crippen LogP contribution in [-0.2, 0) is 0 Å². The van der Waals surface area contributed by atoms with Gasteiger partial charge in [-0.05, 0) is 18.2 Å². The third-order valence-corrected chi connectivity index (χ3v) is 3.18. The molecule has 0 saturated carbocycles. The minimum Gasteiger partial charge on any atom is -0.496 e. The second-order valence-corrected chi connectivity index (χ2v) is 4.37. The summed E-state index contributed by atoms with van der Waals surface area (Å²) in [6.45, 7) is 0.624. The highest BCUT2D eigenvalue weighted by Crippen LogP contribution is 2.37. The van der Waals surface area contributed by atoms with Crippen molar-refractivity contribution in [2.45, 2.75) is 6.10 Å². The van der Waals surface area contributed by atoms with Crippen LogP contribution in [0, 0.1) is 5.82 Å². The highest BCUT2D eigenvalue weighted by molar-refractivity contribution is 5.58. The van der Waals surface area contributed by atoms with E-state index in [-0.39, 0.29) is 11.9 Å². The molecule has 0 bridgehead atoms. The van der Waals surface area contributed by atoms with E-state index in [1.165, 1.54) is 12.1 Å². The van der Waals surface area contributed by atoms with Crippen LogP contribution in [0.5, 0.6) is 11.5 Å². The molecule has 1 aliphatic heterocycles. The predicted octanol–water partition coefficient (Wildman–Crippen LogP) is 3.38. The fraction of sp³-hybridized carbons (Fsp3) is 0.200. The third-order valence-electron chi connectivity index (χ3n) is 3.18. The fourth-order valence-electron chi connectivity index (χ4n) is 2.24. The Labute approximate surface area is 111 Å². The average Bonchev–Trinajstić information content (AvgIpc) is 2.46. The van der Waals surface area contributed by atoms with E-state index in [9.17, 15) is 4.39 Å². The molecule has 4 heteroatoms. The topological polar surface area (TPSA) is 30.5 Å². The first-order valence-corrected chi connectivity index (χ1v) is 6.11. The second kappa shape index (κ2) is 4.80. The lowest BCUT2D eigenvalue weighted by atomic mass is 10.1. The van der Waals surface area contributed by atoms with Gasteiger partial charge in [-0.15, -0.1) is 0 Å². The molecule has 1 unspecified atom stereocenters. The number of para-hydroxylation sites is 1. The molecule has 3 rings (SSSR count). The minimum absolute atomic E-state index is 0.189. The van der Waals surface area contributed by atoms with Crippen molar-refractivity contribution in [2.24, 2.45) is 0 Å². The van der Waals surface area contributed by atoms with Crippen molar-refractivity contribution < 1.29 is 13.9 Å². The van der Waals surface area contributed by atoms with E-state index < -0.39 is 0 Å². The summed E-state index contributed by atoms with van der Waals surface area (Å²) in [5.74, 6) is 0.998. The number of ether oxygens (including phenoxy) is 2. The molecule has 3 nitrogen and oxygen atoms in total. The van der Waals surface area contributed by atoms with Crippen LogP contribution in [0.1, 0.15) is 11.7 Å². The predicted molar refractivity (Wildman–Crippen MR) is 71.3 cm³/mol. The van der Waals surface area contributed by atoms with Crippen molar-refractivity contribution in [3.8, 4) is 11.5 Å². The van der Waals surface area contributed by atoms with Crippen LogP contribution in [-0.4, -0.2) is 13.7 Å². The van der Waals surface area contributed by atoms with Crippen molar-refractivity contribution in [3.63, 3.8) is 0 Å². The van der Waals surface area contributed by atoms with Crippen molar-refractivity contribution >= 4 is 5.69 Å². The van der Waals surface area contributed by atoms with Gasteiger partial charge in [-0.25, -0.2) is 4.39 Å². The summed E-state index contributed by atoms with van der Waals surface area (Å²) in [7, 11) is 1.63. The van der Waals surface area contributed by atoms with Crippen LogP contribution in [0.15, 0.2) is 42.5 Å². The molecule has 0 fully saturated rings. The van der Waals surface area contributed by atoms with Crippen LogP contribution in [0.2, 0.25) is 0 Å². The molecule has 0 aromatic heterocycles. The van der Waals surface area contributed by atoms with Gasteiger partial charge in [0.25, 0.3) is 0 Å². The number of hydrogen-bond acceptors (Lipinski definition) is 3. The summed E-state index contributed by atoms with van der Waals surface area (Å²) in [4.78, 5) is 0. The Balaban J connectivity index is 1.93. The van der Waals surface area contributed by atoms with Crippen LogP contribution in [0.3, 0.4) is 0 Å². The van der Waals surface area contributed by atoms with E-state index in [2.05, 4.69) is 5.32 Å². The maximum Gasteiger partial charge on any atom is 0.146 e. The van der Waals surface area contributed by atoms with Gasteiger partial charge in [0, 0.05) is 11.6 Å². The molecule has 1 N–H and O–H groups in total. The summed E-state index contributed by atoms with van der Waals surface area (Å²) in [5, 5.41) is 3.24. The van der Waals surface area contributed by atoms with E-state index in [0.29, 0.717) is 12.3 Å². The maximum atomic E-state index is 13.2. The molecule has 0 spiro atoms. The number of nitrogens with one attached hydrogen (secondary N) is 1. The molecule has 0 saturated heterocycles. The van der Waals surface area contributed by atoms with Gasteiger partial charge in [0.1, 0.15) is 23.4 Å². The second-order valence-electron chi connectivity index (χ2n) is 4.37. The number of hydrogen-bond donors (Lipinski definition) is 1. The molecular formula is C15H14FNO2. The number of methoxy groups -OCH3 is 1. The molecule has 2 aromatic rings. The van der Waals surface area contributed by atoms with E-state index >= 15 is 0 Å². The highest BCUT2D eigenvalue weighted by Gasteiger charge is 2.23. The van der Waals surface area contributed by atoms with Crippen LogP contribution in [0.4, 0.5) is 10.1 Å². The number of fused-ring (bicyclic) bond motifs is 1. The molecule has 1 heterocycles. The van der Waals surface area contributed by atoms with Crippen LogP contribution < -0.4 is 14.8 Å². The lowest BCUT2D eigenvalue weighted by Gasteiger charge is -2.28. The smallest absolute Gasteiger partial charge is 0.146 e. The van der Waals surface area contributed by atoms with Gasteiger partial charge in [0.2, 0.25) is 0 Å². The first-order valence-electron chi connectivity index (χ1n) is 6.11. The zero-order chi connectivity index (χ0) is 13.2. The average molecular weight is 259 g/mol. The molecule has 0 amide bonds. The van der Waals surface area contributed by atoms with E-state index in [0.717, 1.165) is 17.0 Å². The summed E-state index contributed by atoms with van der Waals surface area (Å²) in [6.07, 6.45) is -0.189. The Bertz CT molecular complexity index is 600. The lowest BCUT2D eigenvalue weighted by Crippen LogP contribution is -2.24. The van der Waals surface area contributed by atoms with Gasteiger partial charge in [-0.2, -0.15) is 0 Å². The van der Waals surface area contributed by atoms with Crippen molar-refractivity contribution in [3.05, 3.63) is 53.8 Å². The summed E-state index contributed by atoms with van der Waals surface area (Å²) in [5.41, 5.74) is 1.76. The molecule has 1 atom stereocenters. The highest BCUT2D eigenvalue weighted by atomic mass is 19.1. The van der Waals surface area contributed by atoms with Gasteiger partial charge < -0.3 is 14.8 Å². The van der Waals surface area contributed by atoms with E-state index in [4.69, 9.17) is 9.47 Å². The fourth-order valence-corrected chi connectivity index (χ4v) is 2.24. The Hall–Kier alpha value is -2.23. The summed E-state index contributed by atoms with van der Waals surface area (Å²) >= 11 is 0. The monoisotopic (exact) mass is 259 g/mol. The number of benzene rings is 2. The van der Waals surface area contributed by atoms with E-state index in [1.807, 2.05) is 24.3 Å². The SMILES string of the molecule is COc1ccccc1C1CNc2ccc(F)cc2O1. The number of anilines is 1. The normalized spacial score (nSPS) is 17.1. The van der Waals surface area contributed by atoms with Gasteiger partial charge in [0.05, 0.1) is 19.3 Å². The van der Waals surface area contributed by atoms with Gasteiger partial charge in [-0.3, -0.25) is 0 Å². The molecule has 0 aliphatic carbocycles. The Morgan fingerprint density at radius 3 is 2.95 bits per heavy atom. The summed E-state index contributed by atoms with van der Waals surface area (Å²) in [6, 6.07) is 12.2. The number of rotatable bonds is 2. The maximum absolute atomic E-state index is 13.2. The molecule has 2 aromatic carbocycles. The minimum atomic E-state index is -0.304. The van der Waals surface area contributed by atoms with Crippen LogP contribution >= 0.6 is 0 Å². The molecule has 0 radical (unpaired) electrons. The quantitative estimate of drug-likeness (QED) is 0.896. The zero-order valence-electron chi connectivity index (χ0n) is 10.5. The van der Waals surface area contributed by atoms with Crippen molar-refractivity contribution in [1.29, 1.82) is 0 Å². The molecular weight excluding hydrogens is 245 g/mol. The van der Waals surface area contributed by atoms with Crippen LogP contribution in [0.25, 0.3) is 0 Å². The number of halogens is 1. The standard InChI is InChI=1S/C15H14FNO2/c1-18-13-5-3-2-4-11(13)15-9-17-12-7-6-10(16)8-14(12)19-15/h2-8,15,17H,9H2,1H3. The first kappa shape index (κ1) is 11.8. The Morgan fingerprint density at radius 1 is 1.26 bits per heavy atom. The van der Waals surface area contributed by atoms with Gasteiger partial charge in [-0.1, -0.05) is 18.2 Å². The van der Waals surface area contributed by atoms with E-state index in [1.54, 1.807) is 13.2 Å². The molecule has 19 heavy (non-hydrogen) atoms. The van der Waals surface area contributed by atoms with Gasteiger partial charge >= 0.3 is 0 Å². The lowest BCUT2D eigenvalue weighted by molar-refractivity contribution is 0.204. The third kappa shape index (κ3) is 2.21.